The number of hydrogen-bond acceptors (Lipinski definition) is 6. The molecule has 3 aliphatic rings. The summed E-state index contributed by atoms with van der Waals surface area (Å²) in [5.41, 5.74) is -0.208. The predicted molar refractivity (Wildman–Crippen MR) is 143 cm³/mol. The minimum atomic E-state index is -1.20. The second-order valence-corrected chi connectivity index (χ2v) is 10.6. The molecule has 0 saturated heterocycles. The van der Waals surface area contributed by atoms with Crippen molar-refractivity contribution >= 4 is 11.6 Å². The molecule has 0 bridgehead atoms. The highest BCUT2D eigenvalue weighted by Gasteiger charge is 2.59. The van der Waals surface area contributed by atoms with Gasteiger partial charge >= 0.3 is 11.4 Å². The molecular formula is C30H29N3O6. The van der Waals surface area contributed by atoms with E-state index in [0.717, 1.165) is 10.1 Å². The molecule has 0 amide bonds. The number of fused-ring (bicyclic) bond motifs is 4. The smallest absolute Gasteiger partial charge is 0.352 e. The van der Waals surface area contributed by atoms with Gasteiger partial charge in [-0.1, -0.05) is 43.3 Å². The molecule has 4 atom stereocenters. The van der Waals surface area contributed by atoms with Crippen LogP contribution in [0, 0.1) is 11.3 Å². The van der Waals surface area contributed by atoms with E-state index in [1.807, 2.05) is 13.0 Å². The van der Waals surface area contributed by atoms with Crippen molar-refractivity contribution in [1.82, 2.24) is 13.9 Å². The molecule has 200 valence electrons. The first-order valence-electron chi connectivity index (χ1n) is 13.1. The number of hydrogen-bond donors (Lipinski definition) is 1. The molecule has 6 rings (SSSR count). The van der Waals surface area contributed by atoms with Gasteiger partial charge in [0.15, 0.2) is 23.1 Å². The summed E-state index contributed by atoms with van der Waals surface area (Å²) in [5, 5.41) is 11.3. The third-order valence-corrected chi connectivity index (χ3v) is 8.59. The van der Waals surface area contributed by atoms with Crippen LogP contribution in [0.2, 0.25) is 0 Å². The van der Waals surface area contributed by atoms with Crippen LogP contribution in [0.15, 0.2) is 81.4 Å². The molecule has 0 spiro atoms. The number of phenolic OH excluding ortho intramolecular Hbond substituents is 1. The van der Waals surface area contributed by atoms with E-state index in [2.05, 4.69) is 0 Å². The summed E-state index contributed by atoms with van der Waals surface area (Å²) in [4.78, 5) is 54.6. The van der Waals surface area contributed by atoms with Gasteiger partial charge in [0.1, 0.15) is 0 Å². The quantitative estimate of drug-likeness (QED) is 0.521. The number of carbonyl (C=O) groups excluding carboxylic acids is 2. The molecule has 2 aliphatic carbocycles. The number of para-hydroxylation sites is 2. The normalized spacial score (nSPS) is 25.8. The highest BCUT2D eigenvalue weighted by atomic mass is 16.5. The number of aromatic nitrogens is 3. The standard InChI is InChI=1S/C30H29N3O6/c1-4-39-23-12-8-11-20(27(23)36)25-19-13-14-31-28(37)32(18-9-6-5-7-10-18)29(38)33(31)22(19)16-21-26(35)17(2)15-24(34)30(21,25)3/h5-13,15,21-22,25,36H,4,14,16H2,1-3H3. The van der Waals surface area contributed by atoms with Gasteiger partial charge in [0.2, 0.25) is 0 Å². The summed E-state index contributed by atoms with van der Waals surface area (Å²) in [6.45, 7) is 5.65. The summed E-state index contributed by atoms with van der Waals surface area (Å²) in [5.74, 6) is -1.68. The van der Waals surface area contributed by atoms with Crippen LogP contribution in [-0.4, -0.2) is 37.2 Å². The number of rotatable bonds is 4. The molecule has 0 radical (unpaired) electrons. The van der Waals surface area contributed by atoms with E-state index >= 15 is 0 Å². The predicted octanol–water partition coefficient (Wildman–Crippen LogP) is 3.29. The first kappa shape index (κ1) is 24.9. The van der Waals surface area contributed by atoms with Crippen LogP contribution in [0.3, 0.4) is 0 Å². The monoisotopic (exact) mass is 527 g/mol. The van der Waals surface area contributed by atoms with Crippen LogP contribution in [0.4, 0.5) is 0 Å². The minimum Gasteiger partial charge on any atom is -0.504 e. The van der Waals surface area contributed by atoms with Gasteiger partial charge in [-0.05, 0) is 55.7 Å². The van der Waals surface area contributed by atoms with Crippen LogP contribution in [-0.2, 0) is 16.1 Å². The molecule has 1 aliphatic heterocycles. The van der Waals surface area contributed by atoms with E-state index < -0.39 is 34.7 Å². The maximum atomic E-state index is 13.8. The number of nitrogens with zero attached hydrogens (tertiary/aromatic N) is 3. The maximum Gasteiger partial charge on any atom is 0.352 e. The fraction of sp³-hybridized carbons (Fsp3) is 0.333. The molecule has 3 aromatic rings. The second-order valence-electron chi connectivity index (χ2n) is 10.6. The number of carbonyl (C=O) groups is 2. The SMILES string of the molecule is CCOc1cccc(C2C3=CCn4c(=O)n(-c5ccccc5)c(=O)n4C3CC3C(=O)C(C)=CC(=O)C32C)c1O. The fourth-order valence-corrected chi connectivity index (χ4v) is 6.73. The largest absolute Gasteiger partial charge is 0.504 e. The molecule has 1 aromatic heterocycles. The Morgan fingerprint density at radius 3 is 2.49 bits per heavy atom. The molecule has 1 saturated carbocycles. The van der Waals surface area contributed by atoms with Gasteiger partial charge in [-0.25, -0.2) is 23.5 Å². The zero-order chi connectivity index (χ0) is 27.6. The summed E-state index contributed by atoms with van der Waals surface area (Å²) in [6.07, 6.45) is 3.44. The zero-order valence-electron chi connectivity index (χ0n) is 22.0. The Balaban J connectivity index is 1.60. The van der Waals surface area contributed by atoms with Crippen LogP contribution < -0.4 is 16.1 Å². The van der Waals surface area contributed by atoms with Crippen molar-refractivity contribution in [2.24, 2.45) is 11.3 Å². The lowest BCUT2D eigenvalue weighted by Gasteiger charge is -2.52. The van der Waals surface area contributed by atoms with Crippen LogP contribution >= 0.6 is 0 Å². The van der Waals surface area contributed by atoms with Gasteiger partial charge in [-0.15, -0.1) is 0 Å². The van der Waals surface area contributed by atoms with Crippen molar-refractivity contribution in [3.05, 3.63) is 98.4 Å². The maximum absolute atomic E-state index is 13.8. The number of benzene rings is 2. The van der Waals surface area contributed by atoms with E-state index in [0.29, 0.717) is 23.4 Å². The number of ketones is 2. The highest BCUT2D eigenvalue weighted by Crippen LogP contribution is 2.61. The van der Waals surface area contributed by atoms with E-state index in [-0.39, 0.29) is 36.0 Å². The van der Waals surface area contributed by atoms with Crippen molar-refractivity contribution in [2.45, 2.75) is 45.7 Å². The third kappa shape index (κ3) is 3.38. The number of Topliss-reactive ketones (excluding diaryl/α,β-unsaturated/α-hetero) is 1. The highest BCUT2D eigenvalue weighted by molar-refractivity contribution is 6.13. The summed E-state index contributed by atoms with van der Waals surface area (Å²) in [6, 6.07) is 13.2. The lowest BCUT2D eigenvalue weighted by Crippen LogP contribution is -2.54. The topological polar surface area (TPSA) is 113 Å². The Bertz CT molecular complexity index is 1710. The van der Waals surface area contributed by atoms with E-state index in [4.69, 9.17) is 4.74 Å². The number of ether oxygens (including phenoxy) is 1. The molecular weight excluding hydrogens is 498 g/mol. The first-order chi connectivity index (χ1) is 18.7. The number of aromatic hydroxyl groups is 1. The molecule has 1 N–H and O–H groups in total. The Kier molecular flexibility index (Phi) is 5.64. The Morgan fingerprint density at radius 2 is 1.77 bits per heavy atom. The average Bonchev–Trinajstić information content (AvgIpc) is 3.18. The van der Waals surface area contributed by atoms with Crippen molar-refractivity contribution in [3.63, 3.8) is 0 Å². The summed E-state index contributed by atoms with van der Waals surface area (Å²) in [7, 11) is 0. The third-order valence-electron chi connectivity index (χ3n) is 8.59. The molecule has 4 unspecified atom stereocenters. The van der Waals surface area contributed by atoms with Crippen molar-refractivity contribution < 1.29 is 19.4 Å². The van der Waals surface area contributed by atoms with Gasteiger partial charge in [0, 0.05) is 17.4 Å². The van der Waals surface area contributed by atoms with E-state index in [1.54, 1.807) is 62.4 Å². The molecule has 9 nitrogen and oxygen atoms in total. The van der Waals surface area contributed by atoms with Gasteiger partial charge in [-0.3, -0.25) is 9.59 Å². The Labute approximate surface area is 224 Å². The zero-order valence-corrected chi connectivity index (χ0v) is 22.0. The molecule has 9 heteroatoms. The van der Waals surface area contributed by atoms with Crippen LogP contribution in [0.1, 0.15) is 44.7 Å². The van der Waals surface area contributed by atoms with E-state index in [1.165, 1.54) is 15.4 Å². The van der Waals surface area contributed by atoms with Gasteiger partial charge < -0.3 is 9.84 Å². The van der Waals surface area contributed by atoms with Crippen molar-refractivity contribution in [1.29, 1.82) is 0 Å². The van der Waals surface area contributed by atoms with Gasteiger partial charge in [0.25, 0.3) is 0 Å². The van der Waals surface area contributed by atoms with Crippen molar-refractivity contribution in [3.8, 4) is 17.2 Å². The molecule has 1 fully saturated rings. The Hall–Kier alpha value is -4.40. The molecule has 2 aromatic carbocycles. The second kappa shape index (κ2) is 8.83. The van der Waals surface area contributed by atoms with E-state index in [9.17, 15) is 24.3 Å². The van der Waals surface area contributed by atoms with Crippen molar-refractivity contribution in [2.75, 3.05) is 6.61 Å². The molecule has 39 heavy (non-hydrogen) atoms. The van der Waals surface area contributed by atoms with Crippen LogP contribution in [0.5, 0.6) is 11.5 Å². The Morgan fingerprint density at radius 1 is 1.03 bits per heavy atom. The lowest BCUT2D eigenvalue weighted by molar-refractivity contribution is -0.139. The summed E-state index contributed by atoms with van der Waals surface area (Å²) < 4.78 is 9.58. The summed E-state index contributed by atoms with van der Waals surface area (Å²) >= 11 is 0. The number of allylic oxidation sites excluding steroid dienone is 4. The average molecular weight is 528 g/mol. The van der Waals surface area contributed by atoms with Gasteiger partial charge in [-0.2, -0.15) is 0 Å². The van der Waals surface area contributed by atoms with Gasteiger partial charge in [0.05, 0.1) is 30.3 Å². The number of phenols is 1. The molecule has 2 heterocycles. The lowest BCUT2D eigenvalue weighted by atomic mass is 9.51. The first-order valence-corrected chi connectivity index (χ1v) is 13.1. The minimum absolute atomic E-state index is 0.102. The van der Waals surface area contributed by atoms with Crippen LogP contribution in [0.25, 0.3) is 5.69 Å². The fourth-order valence-electron chi connectivity index (χ4n) is 6.73.